The van der Waals surface area contributed by atoms with Crippen LogP contribution >= 0.6 is 0 Å². The van der Waals surface area contributed by atoms with E-state index in [1.165, 1.54) is 116 Å². The van der Waals surface area contributed by atoms with E-state index < -0.39 is 6.10 Å². The van der Waals surface area contributed by atoms with Crippen LogP contribution in [0, 0.1) is 0 Å². The zero-order valence-corrected chi connectivity index (χ0v) is 34.1. The molecule has 0 aromatic carbocycles. The Labute approximate surface area is 321 Å². The Hall–Kier alpha value is -2.40. The second-order valence-corrected chi connectivity index (χ2v) is 14.4. The Bertz CT molecular complexity index is 915. The number of aliphatic hydroxyl groups is 1. The quantitative estimate of drug-likeness (QED) is 0.0388. The van der Waals surface area contributed by atoms with E-state index in [0.717, 1.165) is 57.8 Å². The minimum absolute atomic E-state index is 0.0882. The van der Waals surface area contributed by atoms with E-state index in [2.05, 4.69) is 74.6 Å². The highest BCUT2D eigenvalue weighted by atomic mass is 16.6. The molecule has 1 atom stereocenters. The molecular formula is C47H82O5. The third-order valence-electron chi connectivity index (χ3n) is 9.33. The van der Waals surface area contributed by atoms with Crippen molar-refractivity contribution in [3.8, 4) is 0 Å². The fourth-order valence-electron chi connectivity index (χ4n) is 6.06. The summed E-state index contributed by atoms with van der Waals surface area (Å²) in [5.41, 5.74) is 0. The molecule has 0 aliphatic rings. The normalized spacial score (nSPS) is 12.8. The number of allylic oxidation sites excluding steroid dienone is 10. The van der Waals surface area contributed by atoms with E-state index >= 15 is 0 Å². The lowest BCUT2D eigenvalue weighted by atomic mass is 10.0. The van der Waals surface area contributed by atoms with E-state index in [-0.39, 0.29) is 31.6 Å². The molecular weight excluding hydrogens is 645 g/mol. The Morgan fingerprint density at radius 3 is 1.23 bits per heavy atom. The average Bonchev–Trinajstić information content (AvgIpc) is 3.15. The minimum atomic E-state index is -0.801. The second kappa shape index (κ2) is 43.0. The molecule has 0 rings (SSSR count). The summed E-state index contributed by atoms with van der Waals surface area (Å²) in [7, 11) is 0. The van der Waals surface area contributed by atoms with Gasteiger partial charge in [0.1, 0.15) is 6.61 Å². The molecule has 0 amide bonds. The summed E-state index contributed by atoms with van der Waals surface area (Å²) < 4.78 is 10.6. The number of esters is 2. The molecule has 0 spiro atoms. The fourth-order valence-corrected chi connectivity index (χ4v) is 6.06. The van der Waals surface area contributed by atoms with Gasteiger partial charge in [0.15, 0.2) is 6.10 Å². The lowest BCUT2D eigenvalue weighted by molar-refractivity contribution is -0.161. The van der Waals surface area contributed by atoms with Crippen molar-refractivity contribution in [3.05, 3.63) is 60.8 Å². The van der Waals surface area contributed by atoms with Gasteiger partial charge in [-0.15, -0.1) is 0 Å². The van der Waals surface area contributed by atoms with Crippen LogP contribution in [0.4, 0.5) is 0 Å². The van der Waals surface area contributed by atoms with Crippen LogP contribution in [0.25, 0.3) is 0 Å². The number of hydrogen-bond donors (Lipinski definition) is 1. The van der Waals surface area contributed by atoms with Crippen molar-refractivity contribution in [2.75, 3.05) is 13.2 Å². The summed E-state index contributed by atoms with van der Waals surface area (Å²) in [6.07, 6.45) is 55.9. The van der Waals surface area contributed by atoms with Crippen LogP contribution in [0.3, 0.4) is 0 Å². The van der Waals surface area contributed by atoms with E-state index in [1.54, 1.807) is 0 Å². The molecule has 0 bridgehead atoms. The molecule has 0 saturated heterocycles. The first kappa shape index (κ1) is 49.6. The number of hydrogen-bond acceptors (Lipinski definition) is 5. The van der Waals surface area contributed by atoms with Crippen molar-refractivity contribution in [3.63, 3.8) is 0 Å². The summed E-state index contributed by atoms with van der Waals surface area (Å²) in [5, 5.41) is 9.57. The minimum Gasteiger partial charge on any atom is -0.462 e. The summed E-state index contributed by atoms with van der Waals surface area (Å²) in [6.45, 7) is 3.99. The highest BCUT2D eigenvalue weighted by Crippen LogP contribution is 2.15. The lowest BCUT2D eigenvalue weighted by Gasteiger charge is -2.15. The molecule has 52 heavy (non-hydrogen) atoms. The van der Waals surface area contributed by atoms with Crippen LogP contribution in [0.5, 0.6) is 0 Å². The monoisotopic (exact) mass is 727 g/mol. The first-order valence-electron chi connectivity index (χ1n) is 21.8. The third kappa shape index (κ3) is 40.4. The predicted octanol–water partition coefficient (Wildman–Crippen LogP) is 14.0. The topological polar surface area (TPSA) is 72.8 Å². The molecule has 1 N–H and O–H groups in total. The molecule has 300 valence electrons. The highest BCUT2D eigenvalue weighted by molar-refractivity contribution is 5.70. The Kier molecular flexibility index (Phi) is 41.0. The Morgan fingerprint density at radius 2 is 0.827 bits per heavy atom. The van der Waals surface area contributed by atoms with Gasteiger partial charge in [-0.05, 0) is 51.4 Å². The molecule has 0 radical (unpaired) electrons. The number of rotatable bonds is 39. The van der Waals surface area contributed by atoms with E-state index in [1.807, 2.05) is 0 Å². The first-order valence-corrected chi connectivity index (χ1v) is 21.8. The molecule has 1 unspecified atom stereocenters. The van der Waals surface area contributed by atoms with Crippen LogP contribution < -0.4 is 0 Å². The van der Waals surface area contributed by atoms with Crippen molar-refractivity contribution in [2.45, 2.75) is 213 Å². The summed E-state index contributed by atoms with van der Waals surface area (Å²) in [5.74, 6) is -0.655. The number of ether oxygens (including phenoxy) is 2. The number of carbonyl (C=O) groups is 2. The fraction of sp³-hybridized carbons (Fsp3) is 0.745. The molecule has 0 aliphatic carbocycles. The molecule has 0 saturated carbocycles. The van der Waals surface area contributed by atoms with Crippen LogP contribution in [-0.2, 0) is 19.1 Å². The SMILES string of the molecule is CCC=CCC=CCC=CCC=CCC=CCCCC(=O)OC(CO)COC(=O)CCCCCCCCCCCCCCCCCCCCCCC. The van der Waals surface area contributed by atoms with Crippen LogP contribution in [-0.4, -0.2) is 36.4 Å². The zero-order valence-electron chi connectivity index (χ0n) is 34.1. The summed E-state index contributed by atoms with van der Waals surface area (Å²) in [6, 6.07) is 0. The second-order valence-electron chi connectivity index (χ2n) is 14.4. The van der Waals surface area contributed by atoms with Gasteiger partial charge in [0.25, 0.3) is 0 Å². The molecule has 5 heteroatoms. The van der Waals surface area contributed by atoms with Gasteiger partial charge in [-0.25, -0.2) is 0 Å². The molecule has 0 fully saturated rings. The van der Waals surface area contributed by atoms with Gasteiger partial charge in [0, 0.05) is 12.8 Å². The van der Waals surface area contributed by atoms with Gasteiger partial charge in [-0.2, -0.15) is 0 Å². The zero-order chi connectivity index (χ0) is 37.8. The smallest absolute Gasteiger partial charge is 0.306 e. The molecule has 0 aromatic heterocycles. The van der Waals surface area contributed by atoms with Crippen molar-refractivity contribution in [1.29, 1.82) is 0 Å². The number of unbranched alkanes of at least 4 members (excludes halogenated alkanes) is 21. The standard InChI is InChI=1S/C47H82O5/c1-3-5-7-9-11-13-15-17-19-21-22-23-24-26-27-29-31-33-35-37-39-41-46(49)51-44-45(43-48)52-47(50)42-40-38-36-34-32-30-28-25-20-18-16-14-12-10-8-6-4-2/h6,8,12,14,18,20,28,30,34,36,45,48H,3-5,7,9-11,13,15-17,19,21-27,29,31-33,35,37-44H2,1-2H3. The van der Waals surface area contributed by atoms with Crippen LogP contribution in [0.15, 0.2) is 60.8 Å². The van der Waals surface area contributed by atoms with E-state index in [9.17, 15) is 14.7 Å². The van der Waals surface area contributed by atoms with Gasteiger partial charge in [-0.1, -0.05) is 203 Å². The van der Waals surface area contributed by atoms with Crippen molar-refractivity contribution >= 4 is 11.9 Å². The van der Waals surface area contributed by atoms with Gasteiger partial charge in [0.05, 0.1) is 6.61 Å². The largest absolute Gasteiger partial charge is 0.462 e. The predicted molar refractivity (Wildman–Crippen MR) is 223 cm³/mol. The van der Waals surface area contributed by atoms with Crippen molar-refractivity contribution in [1.82, 2.24) is 0 Å². The molecule has 5 nitrogen and oxygen atoms in total. The van der Waals surface area contributed by atoms with Crippen molar-refractivity contribution < 1.29 is 24.2 Å². The molecule has 0 aliphatic heterocycles. The van der Waals surface area contributed by atoms with Gasteiger partial charge in [0.2, 0.25) is 0 Å². The Morgan fingerprint density at radius 1 is 0.462 bits per heavy atom. The third-order valence-corrected chi connectivity index (χ3v) is 9.33. The van der Waals surface area contributed by atoms with E-state index in [0.29, 0.717) is 12.8 Å². The maximum atomic E-state index is 12.2. The summed E-state index contributed by atoms with van der Waals surface area (Å²) >= 11 is 0. The molecule has 0 aromatic rings. The lowest BCUT2D eigenvalue weighted by Crippen LogP contribution is -2.28. The first-order chi connectivity index (χ1) is 25.6. The number of aliphatic hydroxyl groups excluding tert-OH is 1. The van der Waals surface area contributed by atoms with Crippen LogP contribution in [0.1, 0.15) is 206 Å². The van der Waals surface area contributed by atoms with Gasteiger partial charge < -0.3 is 14.6 Å². The van der Waals surface area contributed by atoms with Gasteiger partial charge >= 0.3 is 11.9 Å². The number of carbonyl (C=O) groups excluding carboxylic acids is 2. The highest BCUT2D eigenvalue weighted by Gasteiger charge is 2.16. The van der Waals surface area contributed by atoms with Crippen molar-refractivity contribution in [2.24, 2.45) is 0 Å². The van der Waals surface area contributed by atoms with E-state index in [4.69, 9.17) is 9.47 Å². The average molecular weight is 727 g/mol. The maximum Gasteiger partial charge on any atom is 0.306 e. The molecule has 0 heterocycles. The maximum absolute atomic E-state index is 12.2. The Balaban J connectivity index is 3.58. The van der Waals surface area contributed by atoms with Gasteiger partial charge in [-0.3, -0.25) is 9.59 Å². The summed E-state index contributed by atoms with van der Waals surface area (Å²) in [4.78, 5) is 24.3. The van der Waals surface area contributed by atoms with Crippen LogP contribution in [0.2, 0.25) is 0 Å².